The lowest BCUT2D eigenvalue weighted by Crippen LogP contribution is -2.40. The second-order valence-electron chi connectivity index (χ2n) is 6.18. The average Bonchev–Trinajstić information content (AvgIpc) is 3.14. The molecule has 1 unspecified atom stereocenters. The summed E-state index contributed by atoms with van der Waals surface area (Å²) in [6.07, 6.45) is 3.15. The van der Waals surface area contributed by atoms with Crippen molar-refractivity contribution in [2.24, 2.45) is 0 Å². The first kappa shape index (κ1) is 17.4. The van der Waals surface area contributed by atoms with Crippen molar-refractivity contribution in [3.8, 4) is 6.07 Å². The predicted molar refractivity (Wildman–Crippen MR) is 85.4 cm³/mol. The maximum atomic E-state index is 12.1. The molecule has 1 aromatic rings. The Hall–Kier alpha value is -1.91. The number of oxazole rings is 1. The van der Waals surface area contributed by atoms with Crippen LogP contribution in [0, 0.1) is 18.3 Å². The van der Waals surface area contributed by atoms with Crippen LogP contribution in [0.3, 0.4) is 0 Å². The lowest BCUT2D eigenvalue weighted by atomic mass is 10.2. The number of likely N-dealkylation sites (N-methyl/N-ethyl adjacent to an activating group) is 2. The van der Waals surface area contributed by atoms with Crippen molar-refractivity contribution in [2.75, 3.05) is 40.3 Å². The zero-order valence-corrected chi connectivity index (χ0v) is 14.2. The number of hydrogen-bond acceptors (Lipinski definition) is 6. The minimum absolute atomic E-state index is 0.0758. The normalized spacial score (nSPS) is 18.3. The van der Waals surface area contributed by atoms with E-state index in [2.05, 4.69) is 27.9 Å². The molecule has 0 aliphatic carbocycles. The Bertz CT molecular complexity index is 565. The number of amides is 1. The molecule has 1 aliphatic heterocycles. The van der Waals surface area contributed by atoms with Crippen molar-refractivity contribution in [3.05, 3.63) is 17.8 Å². The maximum Gasteiger partial charge on any atom is 0.236 e. The summed E-state index contributed by atoms with van der Waals surface area (Å²) in [6.45, 7) is 5.27. The van der Waals surface area contributed by atoms with Crippen molar-refractivity contribution in [1.29, 1.82) is 5.26 Å². The van der Waals surface area contributed by atoms with E-state index in [0.717, 1.165) is 31.2 Å². The molecule has 1 atom stereocenters. The van der Waals surface area contributed by atoms with Crippen molar-refractivity contribution >= 4 is 5.91 Å². The Morgan fingerprint density at radius 1 is 1.57 bits per heavy atom. The SMILES string of the molecule is Cc1cnc(CN(C)C2CCN(CC(=O)N(C)CCC#N)C2)o1. The smallest absolute Gasteiger partial charge is 0.236 e. The van der Waals surface area contributed by atoms with E-state index in [0.29, 0.717) is 32.1 Å². The highest BCUT2D eigenvalue weighted by atomic mass is 16.4. The summed E-state index contributed by atoms with van der Waals surface area (Å²) in [5, 5.41) is 8.58. The largest absolute Gasteiger partial charge is 0.445 e. The molecule has 23 heavy (non-hydrogen) atoms. The van der Waals surface area contributed by atoms with E-state index in [1.807, 2.05) is 6.92 Å². The molecule has 0 saturated carbocycles. The molecular weight excluding hydrogens is 294 g/mol. The predicted octanol–water partition coefficient (Wildman–Crippen LogP) is 0.861. The van der Waals surface area contributed by atoms with Crippen LogP contribution in [-0.4, -0.2) is 71.9 Å². The molecule has 0 bridgehead atoms. The lowest BCUT2D eigenvalue weighted by Gasteiger charge is -2.24. The Labute approximate surface area is 137 Å². The van der Waals surface area contributed by atoms with Crippen molar-refractivity contribution in [2.45, 2.75) is 32.4 Å². The molecule has 126 valence electrons. The van der Waals surface area contributed by atoms with Gasteiger partial charge in [-0.05, 0) is 20.4 Å². The monoisotopic (exact) mass is 319 g/mol. The molecule has 1 saturated heterocycles. The molecule has 0 N–H and O–H groups in total. The molecule has 0 radical (unpaired) electrons. The van der Waals surface area contributed by atoms with E-state index in [9.17, 15) is 4.79 Å². The summed E-state index contributed by atoms with van der Waals surface area (Å²) >= 11 is 0. The minimum atomic E-state index is 0.0758. The van der Waals surface area contributed by atoms with E-state index in [1.54, 1.807) is 18.1 Å². The van der Waals surface area contributed by atoms with Crippen LogP contribution in [0.5, 0.6) is 0 Å². The van der Waals surface area contributed by atoms with Gasteiger partial charge in [0.05, 0.1) is 31.8 Å². The van der Waals surface area contributed by atoms with Gasteiger partial charge in [-0.2, -0.15) is 5.26 Å². The summed E-state index contributed by atoms with van der Waals surface area (Å²) in [5.74, 6) is 1.63. The van der Waals surface area contributed by atoms with Gasteiger partial charge < -0.3 is 9.32 Å². The second-order valence-corrected chi connectivity index (χ2v) is 6.18. The van der Waals surface area contributed by atoms with Crippen molar-refractivity contribution in [3.63, 3.8) is 0 Å². The number of nitriles is 1. The van der Waals surface area contributed by atoms with Gasteiger partial charge in [0.15, 0.2) is 0 Å². The van der Waals surface area contributed by atoms with Gasteiger partial charge in [0.1, 0.15) is 5.76 Å². The van der Waals surface area contributed by atoms with Crippen LogP contribution in [0.25, 0.3) is 0 Å². The quantitative estimate of drug-likeness (QED) is 0.742. The topological polar surface area (TPSA) is 76.6 Å². The van der Waals surface area contributed by atoms with Gasteiger partial charge >= 0.3 is 0 Å². The Kier molecular flexibility index (Phi) is 6.13. The molecule has 7 nitrogen and oxygen atoms in total. The van der Waals surface area contributed by atoms with Gasteiger partial charge in [-0.1, -0.05) is 0 Å². The number of nitrogens with zero attached hydrogens (tertiary/aromatic N) is 5. The number of rotatable bonds is 7. The first-order chi connectivity index (χ1) is 11.0. The van der Waals surface area contributed by atoms with Crippen LogP contribution < -0.4 is 0 Å². The van der Waals surface area contributed by atoms with E-state index >= 15 is 0 Å². The summed E-state index contributed by atoms with van der Waals surface area (Å²) in [4.78, 5) is 22.4. The summed E-state index contributed by atoms with van der Waals surface area (Å²) < 4.78 is 5.52. The zero-order chi connectivity index (χ0) is 16.8. The molecular formula is C16H25N5O2. The fourth-order valence-corrected chi connectivity index (χ4v) is 2.79. The highest BCUT2D eigenvalue weighted by molar-refractivity contribution is 5.78. The number of hydrogen-bond donors (Lipinski definition) is 0. The highest BCUT2D eigenvalue weighted by Crippen LogP contribution is 2.16. The van der Waals surface area contributed by atoms with Gasteiger partial charge in [0.25, 0.3) is 0 Å². The van der Waals surface area contributed by atoms with Crippen LogP contribution in [0.1, 0.15) is 24.5 Å². The second kappa shape index (κ2) is 8.09. The van der Waals surface area contributed by atoms with Crippen LogP contribution in [0.2, 0.25) is 0 Å². The highest BCUT2D eigenvalue weighted by Gasteiger charge is 2.28. The van der Waals surface area contributed by atoms with Crippen LogP contribution in [0.4, 0.5) is 0 Å². The van der Waals surface area contributed by atoms with Crippen LogP contribution in [-0.2, 0) is 11.3 Å². The molecule has 1 fully saturated rings. The molecule has 2 rings (SSSR count). The van der Waals surface area contributed by atoms with E-state index in [1.165, 1.54) is 0 Å². The lowest BCUT2D eigenvalue weighted by molar-refractivity contribution is -0.130. The fraction of sp³-hybridized carbons (Fsp3) is 0.688. The minimum Gasteiger partial charge on any atom is -0.445 e. The van der Waals surface area contributed by atoms with Gasteiger partial charge in [-0.15, -0.1) is 0 Å². The van der Waals surface area contributed by atoms with Gasteiger partial charge in [-0.3, -0.25) is 14.6 Å². The van der Waals surface area contributed by atoms with Crippen LogP contribution >= 0.6 is 0 Å². The average molecular weight is 319 g/mol. The third-order valence-electron chi connectivity index (χ3n) is 4.27. The number of aryl methyl sites for hydroxylation is 1. The first-order valence-electron chi connectivity index (χ1n) is 7.94. The zero-order valence-electron chi connectivity index (χ0n) is 14.2. The Morgan fingerprint density at radius 2 is 2.35 bits per heavy atom. The molecule has 7 heteroatoms. The maximum absolute atomic E-state index is 12.1. The Balaban J connectivity index is 1.77. The molecule has 1 aromatic heterocycles. The van der Waals surface area contributed by atoms with E-state index in [-0.39, 0.29) is 5.91 Å². The molecule has 2 heterocycles. The van der Waals surface area contributed by atoms with Gasteiger partial charge in [0.2, 0.25) is 11.8 Å². The van der Waals surface area contributed by atoms with E-state index < -0.39 is 0 Å². The summed E-state index contributed by atoms with van der Waals surface area (Å²) in [6, 6.07) is 2.47. The Morgan fingerprint density at radius 3 is 3.00 bits per heavy atom. The number of likely N-dealkylation sites (tertiary alicyclic amines) is 1. The molecule has 0 spiro atoms. The standard InChI is InChI=1S/C16H25N5O2/c1-13-9-18-15(23-13)11-20(3)14-5-8-21(10-14)12-16(22)19(2)7-4-6-17/h9,14H,4-5,7-8,10-12H2,1-3H3. The molecule has 1 aliphatic rings. The number of carbonyl (C=O) groups is 1. The fourth-order valence-electron chi connectivity index (χ4n) is 2.79. The summed E-state index contributed by atoms with van der Waals surface area (Å²) in [5.41, 5.74) is 0. The van der Waals surface area contributed by atoms with Gasteiger partial charge in [-0.25, -0.2) is 4.98 Å². The summed E-state index contributed by atoms with van der Waals surface area (Å²) in [7, 11) is 3.82. The van der Waals surface area contributed by atoms with E-state index in [4.69, 9.17) is 9.68 Å². The van der Waals surface area contributed by atoms with Crippen molar-refractivity contribution < 1.29 is 9.21 Å². The third-order valence-corrected chi connectivity index (χ3v) is 4.27. The number of carbonyl (C=O) groups excluding carboxylic acids is 1. The number of aromatic nitrogens is 1. The molecule has 1 amide bonds. The first-order valence-corrected chi connectivity index (χ1v) is 7.94. The molecule has 0 aromatic carbocycles. The van der Waals surface area contributed by atoms with Gasteiger partial charge in [0, 0.05) is 32.7 Å². The third kappa shape index (κ3) is 5.05. The van der Waals surface area contributed by atoms with Crippen molar-refractivity contribution in [1.82, 2.24) is 19.7 Å². The van der Waals surface area contributed by atoms with Crippen LogP contribution in [0.15, 0.2) is 10.6 Å².